The Hall–Kier alpha value is -0.620. The summed E-state index contributed by atoms with van der Waals surface area (Å²) >= 11 is 0. The molecule has 5 nitrogen and oxygen atoms in total. The molecular formula is C12H22N2O3S. The van der Waals surface area contributed by atoms with Crippen LogP contribution in [0.25, 0.3) is 0 Å². The lowest BCUT2D eigenvalue weighted by atomic mass is 10.1. The monoisotopic (exact) mass is 274 g/mol. The van der Waals surface area contributed by atoms with E-state index in [1.165, 1.54) is 0 Å². The lowest BCUT2D eigenvalue weighted by Crippen LogP contribution is -2.40. The van der Waals surface area contributed by atoms with Crippen LogP contribution in [0.1, 0.15) is 39.0 Å². The molecule has 1 N–H and O–H groups in total. The largest absolute Gasteiger partial charge is 0.341 e. The van der Waals surface area contributed by atoms with Gasteiger partial charge >= 0.3 is 0 Å². The van der Waals surface area contributed by atoms with Crippen molar-refractivity contribution in [1.29, 1.82) is 0 Å². The minimum Gasteiger partial charge on any atom is -0.341 e. The normalized spacial score (nSPS) is 25.8. The Morgan fingerprint density at radius 2 is 1.94 bits per heavy atom. The van der Waals surface area contributed by atoms with E-state index < -0.39 is 10.0 Å². The number of rotatable bonds is 4. The van der Waals surface area contributed by atoms with Gasteiger partial charge in [-0.2, -0.15) is 0 Å². The Labute approximate surface area is 109 Å². The van der Waals surface area contributed by atoms with E-state index in [1.54, 1.807) is 6.92 Å². The number of sulfonamides is 1. The number of nitrogens with zero attached hydrogens (tertiary/aromatic N) is 1. The second-order valence-electron chi connectivity index (χ2n) is 5.27. The average Bonchev–Trinajstić information content (AvgIpc) is 2.98. The topological polar surface area (TPSA) is 66.5 Å². The van der Waals surface area contributed by atoms with Gasteiger partial charge in [0.2, 0.25) is 15.9 Å². The number of amides is 1. The van der Waals surface area contributed by atoms with Gasteiger partial charge in [-0.15, -0.1) is 0 Å². The molecule has 1 amide bonds. The second kappa shape index (κ2) is 5.57. The molecule has 0 radical (unpaired) electrons. The Balaban J connectivity index is 1.86. The van der Waals surface area contributed by atoms with Crippen molar-refractivity contribution in [2.75, 3.05) is 18.8 Å². The summed E-state index contributed by atoms with van der Waals surface area (Å²) in [6.07, 6.45) is 5.03. The van der Waals surface area contributed by atoms with E-state index in [2.05, 4.69) is 4.72 Å². The highest BCUT2D eigenvalue weighted by molar-refractivity contribution is 7.89. The summed E-state index contributed by atoms with van der Waals surface area (Å²) in [6, 6.07) is -0.0969. The average molecular weight is 274 g/mol. The molecule has 1 atom stereocenters. The number of carbonyl (C=O) groups excluding carboxylic acids is 1. The van der Waals surface area contributed by atoms with Gasteiger partial charge < -0.3 is 4.90 Å². The van der Waals surface area contributed by atoms with E-state index in [9.17, 15) is 13.2 Å². The molecule has 1 heterocycles. The highest BCUT2D eigenvalue weighted by Crippen LogP contribution is 2.27. The Bertz CT molecular complexity index is 402. The summed E-state index contributed by atoms with van der Waals surface area (Å²) < 4.78 is 25.6. The maximum Gasteiger partial charge on any atom is 0.225 e. The first-order valence-electron chi connectivity index (χ1n) is 6.80. The fraction of sp³-hybridized carbons (Fsp3) is 0.917. The third-order valence-corrected chi connectivity index (χ3v) is 5.38. The Kier molecular flexibility index (Phi) is 4.27. The van der Waals surface area contributed by atoms with Gasteiger partial charge in [0.15, 0.2) is 0 Å². The van der Waals surface area contributed by atoms with Gasteiger partial charge in [0, 0.05) is 25.0 Å². The van der Waals surface area contributed by atoms with E-state index in [4.69, 9.17) is 0 Å². The second-order valence-corrected chi connectivity index (χ2v) is 7.32. The van der Waals surface area contributed by atoms with Crippen LogP contribution in [0, 0.1) is 5.92 Å². The first-order valence-corrected chi connectivity index (χ1v) is 8.46. The lowest BCUT2D eigenvalue weighted by Gasteiger charge is -2.20. The summed E-state index contributed by atoms with van der Waals surface area (Å²) in [4.78, 5) is 14.0. The van der Waals surface area contributed by atoms with Crippen molar-refractivity contribution in [2.24, 2.45) is 5.92 Å². The van der Waals surface area contributed by atoms with Crippen LogP contribution in [0.3, 0.4) is 0 Å². The molecule has 2 fully saturated rings. The van der Waals surface area contributed by atoms with Crippen LogP contribution in [0.15, 0.2) is 0 Å². The van der Waals surface area contributed by atoms with E-state index in [0.717, 1.165) is 32.1 Å². The SMILES string of the molecule is CCS(=O)(=O)N[C@H]1CCN(C(=O)C2CCCC2)C1. The van der Waals surface area contributed by atoms with Crippen LogP contribution < -0.4 is 4.72 Å². The van der Waals surface area contributed by atoms with Crippen molar-refractivity contribution >= 4 is 15.9 Å². The third kappa shape index (κ3) is 3.23. The highest BCUT2D eigenvalue weighted by Gasteiger charge is 2.33. The quantitative estimate of drug-likeness (QED) is 0.821. The van der Waals surface area contributed by atoms with Crippen LogP contribution >= 0.6 is 0 Å². The molecule has 0 aromatic rings. The summed E-state index contributed by atoms with van der Waals surface area (Å²) in [6.45, 7) is 2.85. The zero-order valence-electron chi connectivity index (χ0n) is 10.9. The van der Waals surface area contributed by atoms with Crippen molar-refractivity contribution in [3.8, 4) is 0 Å². The molecular weight excluding hydrogens is 252 g/mol. The van der Waals surface area contributed by atoms with E-state index in [1.807, 2.05) is 4.90 Å². The number of carbonyl (C=O) groups is 1. The van der Waals surface area contributed by atoms with Crippen LogP contribution in [-0.2, 0) is 14.8 Å². The van der Waals surface area contributed by atoms with Gasteiger partial charge in [-0.25, -0.2) is 13.1 Å². The summed E-state index contributed by atoms with van der Waals surface area (Å²) in [5, 5.41) is 0. The zero-order valence-corrected chi connectivity index (χ0v) is 11.7. The van der Waals surface area contributed by atoms with Crippen molar-refractivity contribution < 1.29 is 13.2 Å². The molecule has 0 unspecified atom stereocenters. The molecule has 1 aliphatic heterocycles. The van der Waals surface area contributed by atoms with Gasteiger partial charge in [-0.3, -0.25) is 4.79 Å². The van der Waals surface area contributed by atoms with E-state index >= 15 is 0 Å². The molecule has 2 rings (SSSR count). The number of nitrogens with one attached hydrogen (secondary N) is 1. The van der Waals surface area contributed by atoms with Gasteiger partial charge in [0.25, 0.3) is 0 Å². The molecule has 1 saturated carbocycles. The molecule has 6 heteroatoms. The zero-order chi connectivity index (χ0) is 13.2. The van der Waals surface area contributed by atoms with Crippen molar-refractivity contribution in [1.82, 2.24) is 9.62 Å². The minimum atomic E-state index is -3.16. The standard InChI is InChI=1S/C12H22N2O3S/c1-2-18(16,17)13-11-7-8-14(9-11)12(15)10-5-3-4-6-10/h10-11,13H,2-9H2,1H3/t11-/m0/s1. The number of hydrogen-bond acceptors (Lipinski definition) is 3. The van der Waals surface area contributed by atoms with Gasteiger partial charge in [0.05, 0.1) is 5.75 Å². The highest BCUT2D eigenvalue weighted by atomic mass is 32.2. The van der Waals surface area contributed by atoms with Crippen molar-refractivity contribution in [2.45, 2.75) is 45.1 Å². The van der Waals surface area contributed by atoms with Crippen LogP contribution in [0.2, 0.25) is 0 Å². The van der Waals surface area contributed by atoms with Gasteiger partial charge in [0.1, 0.15) is 0 Å². The molecule has 1 saturated heterocycles. The maximum atomic E-state index is 12.2. The molecule has 0 aromatic heterocycles. The van der Waals surface area contributed by atoms with Gasteiger partial charge in [-0.1, -0.05) is 12.8 Å². The molecule has 0 aromatic carbocycles. The van der Waals surface area contributed by atoms with Crippen LogP contribution in [0.4, 0.5) is 0 Å². The van der Waals surface area contributed by atoms with E-state index in [-0.39, 0.29) is 23.6 Å². The molecule has 104 valence electrons. The molecule has 0 bridgehead atoms. The summed E-state index contributed by atoms with van der Waals surface area (Å²) in [5.74, 6) is 0.511. The Morgan fingerprint density at radius 3 is 2.56 bits per heavy atom. The van der Waals surface area contributed by atoms with Gasteiger partial charge in [-0.05, 0) is 26.2 Å². The number of likely N-dealkylation sites (tertiary alicyclic amines) is 1. The lowest BCUT2D eigenvalue weighted by molar-refractivity contribution is -0.134. The van der Waals surface area contributed by atoms with Crippen LogP contribution in [-0.4, -0.2) is 44.1 Å². The summed E-state index contributed by atoms with van der Waals surface area (Å²) in [7, 11) is -3.16. The smallest absolute Gasteiger partial charge is 0.225 e. The Morgan fingerprint density at radius 1 is 1.28 bits per heavy atom. The van der Waals surface area contributed by atoms with E-state index in [0.29, 0.717) is 13.1 Å². The predicted molar refractivity (Wildman–Crippen MR) is 69.5 cm³/mol. The minimum absolute atomic E-state index is 0.0969. The third-order valence-electron chi connectivity index (χ3n) is 3.93. The van der Waals surface area contributed by atoms with Crippen molar-refractivity contribution in [3.63, 3.8) is 0 Å². The first kappa shape index (κ1) is 13.8. The maximum absolute atomic E-state index is 12.2. The first-order chi connectivity index (χ1) is 8.52. The fourth-order valence-electron chi connectivity index (χ4n) is 2.82. The predicted octanol–water partition coefficient (Wildman–Crippen LogP) is 0.717. The molecule has 0 spiro atoms. The molecule has 2 aliphatic rings. The fourth-order valence-corrected chi connectivity index (χ4v) is 3.69. The van der Waals surface area contributed by atoms with Crippen molar-refractivity contribution in [3.05, 3.63) is 0 Å². The van der Waals surface area contributed by atoms with Crippen LogP contribution in [0.5, 0.6) is 0 Å². The molecule has 1 aliphatic carbocycles. The molecule has 18 heavy (non-hydrogen) atoms. The number of hydrogen-bond donors (Lipinski definition) is 1. The summed E-state index contributed by atoms with van der Waals surface area (Å²) in [5.41, 5.74) is 0.